The van der Waals surface area contributed by atoms with Crippen molar-refractivity contribution < 1.29 is 18.7 Å². The minimum atomic E-state index is -1.06. The van der Waals surface area contributed by atoms with E-state index in [1.807, 2.05) is 0 Å². The fourth-order valence-electron chi connectivity index (χ4n) is 2.04. The van der Waals surface area contributed by atoms with Crippen LogP contribution in [0.2, 0.25) is 0 Å². The number of thiocarbonyl (C=S) groups is 1. The van der Waals surface area contributed by atoms with Gasteiger partial charge in [-0.1, -0.05) is 0 Å². The summed E-state index contributed by atoms with van der Waals surface area (Å²) in [6.07, 6.45) is 2.00. The van der Waals surface area contributed by atoms with Crippen molar-refractivity contribution in [1.82, 2.24) is 5.32 Å². The van der Waals surface area contributed by atoms with E-state index >= 15 is 0 Å². The van der Waals surface area contributed by atoms with Gasteiger partial charge in [-0.05, 0) is 42.9 Å². The van der Waals surface area contributed by atoms with Crippen LogP contribution in [0.4, 0.5) is 10.1 Å². The Morgan fingerprint density at radius 1 is 1.39 bits per heavy atom. The van der Waals surface area contributed by atoms with Crippen molar-refractivity contribution in [2.45, 2.75) is 6.42 Å². The van der Waals surface area contributed by atoms with Crippen LogP contribution in [0.5, 0.6) is 0 Å². The molecular weight excluding hydrogens is 321 g/mol. The maximum atomic E-state index is 13.0. The molecule has 2 amide bonds. The maximum Gasteiger partial charge on any atom is 0.251 e. The summed E-state index contributed by atoms with van der Waals surface area (Å²) in [6, 6.07) is 5.28. The van der Waals surface area contributed by atoms with Gasteiger partial charge in [-0.15, -0.1) is 0 Å². The fourth-order valence-corrected chi connectivity index (χ4v) is 2.33. The van der Waals surface area contributed by atoms with Gasteiger partial charge in [0.05, 0.1) is 5.69 Å². The van der Waals surface area contributed by atoms with Crippen molar-refractivity contribution in [3.05, 3.63) is 30.1 Å². The minimum absolute atomic E-state index is 0.0318. The van der Waals surface area contributed by atoms with Crippen LogP contribution in [0.25, 0.3) is 0 Å². The standard InChI is InChI=1S/C15H16FN3O3S/c1-22-8-2-7-17-9-12-13(20)18-15(23)19(14(12)21)11-5-3-10(16)4-6-11/h3-6,9,12H,2,7-8H2,1H3,(H,18,20,23). The third-order valence-corrected chi connectivity index (χ3v) is 3.46. The van der Waals surface area contributed by atoms with E-state index in [9.17, 15) is 14.0 Å². The zero-order chi connectivity index (χ0) is 16.8. The highest BCUT2D eigenvalue weighted by atomic mass is 32.1. The molecule has 1 unspecified atom stereocenters. The average Bonchev–Trinajstić information content (AvgIpc) is 2.51. The molecule has 23 heavy (non-hydrogen) atoms. The Kier molecular flexibility index (Phi) is 5.89. The van der Waals surface area contributed by atoms with Crippen molar-refractivity contribution >= 4 is 41.0 Å². The van der Waals surface area contributed by atoms with Gasteiger partial charge in [0, 0.05) is 26.5 Å². The van der Waals surface area contributed by atoms with Gasteiger partial charge < -0.3 is 10.1 Å². The topological polar surface area (TPSA) is 71.0 Å². The number of benzene rings is 1. The van der Waals surface area contributed by atoms with E-state index in [-0.39, 0.29) is 5.11 Å². The molecule has 1 heterocycles. The summed E-state index contributed by atoms with van der Waals surface area (Å²) in [7, 11) is 1.59. The summed E-state index contributed by atoms with van der Waals surface area (Å²) in [4.78, 5) is 29.7. The molecule has 1 aliphatic rings. The largest absolute Gasteiger partial charge is 0.385 e. The number of rotatable bonds is 6. The number of anilines is 1. The van der Waals surface area contributed by atoms with Crippen LogP contribution >= 0.6 is 12.2 Å². The highest BCUT2D eigenvalue weighted by molar-refractivity contribution is 7.80. The molecule has 0 radical (unpaired) electrons. The molecule has 1 aromatic rings. The van der Waals surface area contributed by atoms with E-state index in [0.717, 1.165) is 0 Å². The Morgan fingerprint density at radius 3 is 2.74 bits per heavy atom. The lowest BCUT2D eigenvalue weighted by Gasteiger charge is -2.30. The number of halogens is 1. The molecule has 0 aliphatic carbocycles. The molecule has 0 spiro atoms. The molecular formula is C15H16FN3O3S. The predicted octanol–water partition coefficient (Wildman–Crippen LogP) is 1.30. The summed E-state index contributed by atoms with van der Waals surface area (Å²) < 4.78 is 17.9. The monoisotopic (exact) mass is 337 g/mol. The van der Waals surface area contributed by atoms with Crippen molar-refractivity contribution in [2.75, 3.05) is 25.2 Å². The van der Waals surface area contributed by atoms with E-state index in [1.54, 1.807) is 7.11 Å². The van der Waals surface area contributed by atoms with Crippen molar-refractivity contribution in [2.24, 2.45) is 10.9 Å². The number of carbonyl (C=O) groups is 2. The number of aliphatic imine (C=N–C) groups is 1. The zero-order valence-corrected chi connectivity index (χ0v) is 13.3. The highest BCUT2D eigenvalue weighted by Crippen LogP contribution is 2.20. The van der Waals surface area contributed by atoms with Gasteiger partial charge >= 0.3 is 0 Å². The lowest BCUT2D eigenvalue weighted by atomic mass is 10.1. The molecule has 0 saturated carbocycles. The fraction of sp³-hybridized carbons (Fsp3) is 0.333. The van der Waals surface area contributed by atoms with Gasteiger partial charge in [0.1, 0.15) is 5.82 Å². The Morgan fingerprint density at radius 2 is 2.09 bits per heavy atom. The van der Waals surface area contributed by atoms with Gasteiger partial charge in [0.25, 0.3) is 5.91 Å². The van der Waals surface area contributed by atoms with E-state index < -0.39 is 23.5 Å². The van der Waals surface area contributed by atoms with E-state index in [2.05, 4.69) is 10.3 Å². The quantitative estimate of drug-likeness (QED) is 0.368. The second kappa shape index (κ2) is 7.89. The third-order valence-electron chi connectivity index (χ3n) is 3.18. The second-order valence-corrected chi connectivity index (χ2v) is 5.21. The van der Waals surface area contributed by atoms with Crippen LogP contribution in [0.3, 0.4) is 0 Å². The first-order valence-corrected chi connectivity index (χ1v) is 7.38. The van der Waals surface area contributed by atoms with Crippen LogP contribution in [0.15, 0.2) is 29.3 Å². The molecule has 0 aromatic heterocycles. The minimum Gasteiger partial charge on any atom is -0.385 e. The normalized spacial score (nSPS) is 18.6. The molecule has 0 bridgehead atoms. The van der Waals surface area contributed by atoms with Gasteiger partial charge in [-0.2, -0.15) is 0 Å². The Labute approximate surface area is 138 Å². The predicted molar refractivity (Wildman–Crippen MR) is 88.0 cm³/mol. The van der Waals surface area contributed by atoms with Crippen molar-refractivity contribution in [1.29, 1.82) is 0 Å². The van der Waals surface area contributed by atoms with E-state index in [4.69, 9.17) is 17.0 Å². The number of ether oxygens (including phenoxy) is 1. The molecule has 6 nitrogen and oxygen atoms in total. The SMILES string of the molecule is COCCCN=CC1C(=O)NC(=S)N(c2ccc(F)cc2)C1=O. The summed E-state index contributed by atoms with van der Waals surface area (Å²) >= 11 is 5.04. The lowest BCUT2D eigenvalue weighted by molar-refractivity contribution is -0.130. The molecule has 1 N–H and O–H groups in total. The number of nitrogens with one attached hydrogen (secondary N) is 1. The molecule has 1 saturated heterocycles. The Hall–Kier alpha value is -2.19. The Bertz CT molecular complexity index is 633. The summed E-state index contributed by atoms with van der Waals surface area (Å²) in [6.45, 7) is 1.000. The first-order valence-electron chi connectivity index (χ1n) is 6.98. The number of nitrogens with zero attached hydrogens (tertiary/aromatic N) is 2. The van der Waals surface area contributed by atoms with E-state index in [1.165, 1.54) is 35.4 Å². The summed E-state index contributed by atoms with van der Waals surface area (Å²) in [5.74, 6) is -2.52. The highest BCUT2D eigenvalue weighted by Gasteiger charge is 2.38. The van der Waals surface area contributed by atoms with Gasteiger partial charge in [0.2, 0.25) is 5.91 Å². The summed E-state index contributed by atoms with van der Waals surface area (Å²) in [5, 5.41) is 2.43. The van der Waals surface area contributed by atoms with Crippen LogP contribution in [0, 0.1) is 11.7 Å². The van der Waals surface area contributed by atoms with Crippen LogP contribution in [0.1, 0.15) is 6.42 Å². The first-order chi connectivity index (χ1) is 11.0. The van der Waals surface area contributed by atoms with Gasteiger partial charge in [0.15, 0.2) is 11.0 Å². The molecule has 1 fully saturated rings. The van der Waals surface area contributed by atoms with Crippen LogP contribution < -0.4 is 10.2 Å². The summed E-state index contributed by atoms with van der Waals surface area (Å²) in [5.41, 5.74) is 0.388. The molecule has 122 valence electrons. The molecule has 1 aromatic carbocycles. The lowest BCUT2D eigenvalue weighted by Crippen LogP contribution is -2.58. The average molecular weight is 337 g/mol. The zero-order valence-electron chi connectivity index (χ0n) is 12.5. The van der Waals surface area contributed by atoms with Gasteiger partial charge in [-0.25, -0.2) is 4.39 Å². The van der Waals surface area contributed by atoms with Gasteiger partial charge in [-0.3, -0.25) is 19.5 Å². The number of carbonyl (C=O) groups excluding carboxylic acids is 2. The molecule has 1 atom stereocenters. The first kappa shape index (κ1) is 17.2. The maximum absolute atomic E-state index is 13.0. The second-order valence-electron chi connectivity index (χ2n) is 4.82. The van der Waals surface area contributed by atoms with E-state index in [0.29, 0.717) is 25.3 Å². The third kappa shape index (κ3) is 4.17. The molecule has 1 aliphatic heterocycles. The molecule has 2 rings (SSSR count). The van der Waals surface area contributed by atoms with Crippen molar-refractivity contribution in [3.63, 3.8) is 0 Å². The number of methoxy groups -OCH3 is 1. The number of amides is 2. The van der Waals surface area contributed by atoms with Crippen molar-refractivity contribution in [3.8, 4) is 0 Å². The number of hydrogen-bond acceptors (Lipinski definition) is 5. The van der Waals surface area contributed by atoms with Crippen LogP contribution in [-0.2, 0) is 14.3 Å². The molecule has 8 heteroatoms. The van der Waals surface area contributed by atoms with Crippen LogP contribution in [-0.4, -0.2) is 43.4 Å². The smallest absolute Gasteiger partial charge is 0.251 e. The Balaban J connectivity index is 2.14. The number of hydrogen-bond donors (Lipinski definition) is 1.